The molecule has 1 aliphatic rings. The van der Waals surface area contributed by atoms with Crippen LogP contribution in [-0.4, -0.2) is 56.0 Å². The fraction of sp³-hybridized carbons (Fsp3) is 0.435. The van der Waals surface area contributed by atoms with E-state index in [1.54, 1.807) is 20.3 Å². The van der Waals surface area contributed by atoms with Gasteiger partial charge in [0.2, 0.25) is 0 Å². The van der Waals surface area contributed by atoms with Crippen LogP contribution in [0.25, 0.3) is 0 Å². The van der Waals surface area contributed by atoms with Crippen LogP contribution in [-0.2, 0) is 0 Å². The number of Topliss-reactive ketones (excluding diaryl/α,β-unsaturated/α-hetero) is 1. The molecule has 1 atom stereocenters. The minimum Gasteiger partial charge on any atom is -0.497 e. The van der Waals surface area contributed by atoms with Crippen LogP contribution in [0.2, 0.25) is 0 Å². The molecule has 1 heterocycles. The minimum absolute atomic E-state index is 0.0169. The Morgan fingerprint density at radius 2 is 1.90 bits per heavy atom. The molecule has 8 heteroatoms. The molecule has 2 aromatic carbocycles. The third-order valence-corrected chi connectivity index (χ3v) is 5.63. The molecule has 0 spiro atoms. The summed E-state index contributed by atoms with van der Waals surface area (Å²) in [5.74, 6) is 1.35. The summed E-state index contributed by atoms with van der Waals surface area (Å²) in [6.45, 7) is 2.60. The van der Waals surface area contributed by atoms with E-state index in [9.17, 15) is 14.9 Å². The topological polar surface area (TPSA) is 93.9 Å². The van der Waals surface area contributed by atoms with Gasteiger partial charge in [-0.3, -0.25) is 19.8 Å². The highest BCUT2D eigenvalue weighted by Crippen LogP contribution is 2.34. The molecule has 3 rings (SSSR count). The molecule has 1 N–H and O–H groups in total. The summed E-state index contributed by atoms with van der Waals surface area (Å²) in [4.78, 5) is 25.5. The van der Waals surface area contributed by atoms with Gasteiger partial charge in [-0.15, -0.1) is 0 Å². The summed E-state index contributed by atoms with van der Waals surface area (Å²) in [6.07, 6.45) is 3.49. The Labute approximate surface area is 182 Å². The second kappa shape index (κ2) is 10.9. The Hall–Kier alpha value is -2.97. The van der Waals surface area contributed by atoms with Crippen molar-refractivity contribution in [3.05, 3.63) is 63.7 Å². The van der Waals surface area contributed by atoms with Crippen molar-refractivity contribution in [3.8, 4) is 11.5 Å². The van der Waals surface area contributed by atoms with E-state index in [1.807, 2.05) is 18.2 Å². The summed E-state index contributed by atoms with van der Waals surface area (Å²) < 4.78 is 11.0. The normalized spacial score (nSPS) is 15.3. The van der Waals surface area contributed by atoms with Crippen LogP contribution in [0.15, 0.2) is 42.5 Å². The first-order chi connectivity index (χ1) is 15.0. The molecule has 0 aliphatic carbocycles. The van der Waals surface area contributed by atoms with E-state index in [0.29, 0.717) is 12.1 Å². The lowest BCUT2D eigenvalue weighted by atomic mass is 10.00. The van der Waals surface area contributed by atoms with Crippen molar-refractivity contribution < 1.29 is 19.2 Å². The second-order valence-corrected chi connectivity index (χ2v) is 7.58. The predicted molar refractivity (Wildman–Crippen MR) is 118 cm³/mol. The highest BCUT2D eigenvalue weighted by molar-refractivity contribution is 5.98. The molecule has 0 aromatic heterocycles. The number of hydrogen-bond donors (Lipinski definition) is 1. The Kier molecular flexibility index (Phi) is 7.97. The lowest BCUT2D eigenvalue weighted by Crippen LogP contribution is -2.40. The molecule has 166 valence electrons. The molecule has 0 saturated carbocycles. The van der Waals surface area contributed by atoms with Crippen molar-refractivity contribution in [1.29, 1.82) is 0 Å². The molecule has 2 aromatic rings. The number of methoxy groups -OCH3 is 2. The number of rotatable bonds is 10. The smallest absolute Gasteiger partial charge is 0.270 e. The number of hydrogen-bond acceptors (Lipinski definition) is 7. The monoisotopic (exact) mass is 427 g/mol. The molecule has 8 nitrogen and oxygen atoms in total. The molecule has 1 fully saturated rings. The molecule has 1 aliphatic heterocycles. The van der Waals surface area contributed by atoms with Crippen molar-refractivity contribution in [2.24, 2.45) is 0 Å². The van der Waals surface area contributed by atoms with Gasteiger partial charge in [0.05, 0.1) is 31.7 Å². The van der Waals surface area contributed by atoms with Crippen molar-refractivity contribution >= 4 is 11.5 Å². The number of carbonyl (C=O) groups excluding carboxylic acids is 1. The zero-order valence-corrected chi connectivity index (χ0v) is 18.0. The van der Waals surface area contributed by atoms with E-state index in [0.717, 1.165) is 43.0 Å². The fourth-order valence-corrected chi connectivity index (χ4v) is 3.98. The van der Waals surface area contributed by atoms with Gasteiger partial charge in [-0.25, -0.2) is 0 Å². The fourth-order valence-electron chi connectivity index (χ4n) is 3.98. The molecule has 0 amide bonds. The van der Waals surface area contributed by atoms with E-state index in [2.05, 4.69) is 10.2 Å². The summed E-state index contributed by atoms with van der Waals surface area (Å²) in [6, 6.07) is 11.6. The number of non-ortho nitro benzene ring substituents is 1. The van der Waals surface area contributed by atoms with Crippen LogP contribution >= 0.6 is 0 Å². The molecule has 0 bridgehead atoms. The van der Waals surface area contributed by atoms with Crippen molar-refractivity contribution in [2.75, 3.05) is 40.4 Å². The van der Waals surface area contributed by atoms with Crippen LogP contribution in [0.3, 0.4) is 0 Å². The Bertz CT molecular complexity index is 912. The van der Waals surface area contributed by atoms with Gasteiger partial charge in [0, 0.05) is 29.8 Å². The average Bonchev–Trinajstić information content (AvgIpc) is 2.82. The van der Waals surface area contributed by atoms with Gasteiger partial charge in [-0.05, 0) is 44.1 Å². The number of nitro groups is 1. The number of ether oxygens (including phenoxy) is 2. The van der Waals surface area contributed by atoms with E-state index in [1.165, 1.54) is 24.6 Å². The van der Waals surface area contributed by atoms with E-state index < -0.39 is 4.92 Å². The van der Waals surface area contributed by atoms with Gasteiger partial charge >= 0.3 is 0 Å². The maximum Gasteiger partial charge on any atom is 0.270 e. The molecule has 1 unspecified atom stereocenters. The summed E-state index contributed by atoms with van der Waals surface area (Å²) in [5, 5.41) is 14.2. The molecule has 1 saturated heterocycles. The van der Waals surface area contributed by atoms with Crippen LogP contribution in [0.1, 0.15) is 41.2 Å². The van der Waals surface area contributed by atoms with Gasteiger partial charge in [-0.1, -0.05) is 18.6 Å². The van der Waals surface area contributed by atoms with Crippen molar-refractivity contribution in [1.82, 2.24) is 10.2 Å². The van der Waals surface area contributed by atoms with E-state index in [4.69, 9.17) is 9.47 Å². The molecule has 31 heavy (non-hydrogen) atoms. The van der Waals surface area contributed by atoms with Gasteiger partial charge in [0.15, 0.2) is 5.78 Å². The average molecular weight is 428 g/mol. The molecule has 0 radical (unpaired) electrons. The Morgan fingerprint density at radius 1 is 1.13 bits per heavy atom. The van der Waals surface area contributed by atoms with Crippen LogP contribution < -0.4 is 14.8 Å². The lowest BCUT2D eigenvalue weighted by molar-refractivity contribution is -0.384. The SMILES string of the molecule is COc1ccc(OC)c(C(CNCC(=O)c2cccc([N+](=O)[O-])c2)N2CCCCC2)c1. The first-order valence-corrected chi connectivity index (χ1v) is 10.5. The quantitative estimate of drug-likeness (QED) is 0.352. The lowest BCUT2D eigenvalue weighted by Gasteiger charge is -2.35. The van der Waals surface area contributed by atoms with Gasteiger partial charge in [0.25, 0.3) is 5.69 Å². The highest BCUT2D eigenvalue weighted by Gasteiger charge is 2.25. The second-order valence-electron chi connectivity index (χ2n) is 7.58. The first kappa shape index (κ1) is 22.7. The zero-order chi connectivity index (χ0) is 22.2. The Balaban J connectivity index is 1.75. The van der Waals surface area contributed by atoms with Crippen LogP contribution in [0.4, 0.5) is 5.69 Å². The van der Waals surface area contributed by atoms with Crippen molar-refractivity contribution in [2.45, 2.75) is 25.3 Å². The first-order valence-electron chi connectivity index (χ1n) is 10.5. The maximum atomic E-state index is 12.6. The Morgan fingerprint density at radius 3 is 2.58 bits per heavy atom. The number of likely N-dealkylation sites (tertiary alicyclic amines) is 1. The van der Waals surface area contributed by atoms with Crippen LogP contribution in [0, 0.1) is 10.1 Å². The van der Waals surface area contributed by atoms with E-state index >= 15 is 0 Å². The predicted octanol–water partition coefficient (Wildman–Crippen LogP) is 3.61. The molecular weight excluding hydrogens is 398 g/mol. The third kappa shape index (κ3) is 5.80. The number of carbonyl (C=O) groups is 1. The highest BCUT2D eigenvalue weighted by atomic mass is 16.6. The minimum atomic E-state index is -0.494. The van der Waals surface area contributed by atoms with Crippen molar-refractivity contribution in [3.63, 3.8) is 0 Å². The third-order valence-electron chi connectivity index (χ3n) is 5.63. The maximum absolute atomic E-state index is 12.6. The van der Waals surface area contributed by atoms with Gasteiger partial charge < -0.3 is 14.8 Å². The molecular formula is C23H29N3O5. The number of ketones is 1. The van der Waals surface area contributed by atoms with E-state index in [-0.39, 0.29) is 24.1 Å². The summed E-state index contributed by atoms with van der Waals surface area (Å²) >= 11 is 0. The number of piperidine rings is 1. The van der Waals surface area contributed by atoms with Gasteiger partial charge in [-0.2, -0.15) is 0 Å². The summed E-state index contributed by atoms with van der Waals surface area (Å²) in [5.41, 5.74) is 1.26. The zero-order valence-electron chi connectivity index (χ0n) is 18.0. The number of nitro benzene ring substituents is 1. The standard InChI is InChI=1S/C23H29N3O5/c1-30-19-9-10-23(31-2)20(14-19)21(25-11-4-3-5-12-25)15-24-16-22(27)17-7-6-8-18(13-17)26(28)29/h6-10,13-14,21,24H,3-5,11-12,15-16H2,1-2H3. The number of nitrogens with zero attached hydrogens (tertiary/aromatic N) is 2. The largest absolute Gasteiger partial charge is 0.497 e. The van der Waals surface area contributed by atoms with Crippen LogP contribution in [0.5, 0.6) is 11.5 Å². The number of benzene rings is 2. The number of nitrogens with one attached hydrogen (secondary N) is 1. The summed E-state index contributed by atoms with van der Waals surface area (Å²) in [7, 11) is 3.29. The van der Waals surface area contributed by atoms with Gasteiger partial charge in [0.1, 0.15) is 11.5 Å².